The first kappa shape index (κ1) is 18.6. The molecule has 0 atom stereocenters. The van der Waals surface area contributed by atoms with Crippen LogP contribution in [0.3, 0.4) is 0 Å². The summed E-state index contributed by atoms with van der Waals surface area (Å²) in [5.41, 5.74) is 8.00. The van der Waals surface area contributed by atoms with Crippen LogP contribution in [0.1, 0.15) is 18.4 Å². The van der Waals surface area contributed by atoms with Gasteiger partial charge in [0, 0.05) is 13.1 Å². The number of unbranched alkanes of at least 4 members (excludes halogenated alkanes) is 1. The second-order valence-corrected chi connectivity index (χ2v) is 6.02. The van der Waals surface area contributed by atoms with Gasteiger partial charge in [-0.05, 0) is 37.0 Å². The number of carbonyl (C=O) groups excluding carboxylic acids is 1. The van der Waals surface area contributed by atoms with Gasteiger partial charge in [0.2, 0.25) is 0 Å². The van der Waals surface area contributed by atoms with Gasteiger partial charge >= 0.3 is 6.09 Å². The van der Waals surface area contributed by atoms with Gasteiger partial charge in [0.15, 0.2) is 11.5 Å². The van der Waals surface area contributed by atoms with Crippen molar-refractivity contribution in [1.29, 1.82) is 0 Å². The number of anilines is 1. The maximum absolute atomic E-state index is 12.8. The van der Waals surface area contributed by atoms with E-state index >= 15 is 0 Å². The Bertz CT molecular complexity index is 897. The number of nitrogens with zero attached hydrogens (tertiary/aromatic N) is 4. The lowest BCUT2D eigenvalue weighted by molar-refractivity contribution is 0.144. The standard InChI is InChI=1S/C18H21FN6O2/c19-14-5-3-13(4-6-14)7-8-21-18(26)27-10-2-1-9-25-12-24-15-16(20)22-11-23-17(15)25/h3-6,11-12H,1-2,7-10H2,(H,21,26)(H2,20,22,23). The van der Waals surface area contributed by atoms with Crippen molar-refractivity contribution < 1.29 is 13.9 Å². The predicted molar refractivity (Wildman–Crippen MR) is 98.4 cm³/mol. The fourth-order valence-corrected chi connectivity index (χ4v) is 2.62. The molecule has 0 spiro atoms. The zero-order chi connectivity index (χ0) is 19.1. The molecule has 0 saturated heterocycles. The third-order valence-corrected chi connectivity index (χ3v) is 4.05. The highest BCUT2D eigenvalue weighted by molar-refractivity contribution is 5.81. The zero-order valence-electron chi connectivity index (χ0n) is 14.8. The van der Waals surface area contributed by atoms with Crippen LogP contribution in [0.5, 0.6) is 0 Å². The Morgan fingerprint density at radius 1 is 1.19 bits per heavy atom. The number of nitrogens with two attached hydrogens (primary N) is 1. The number of hydrogen-bond acceptors (Lipinski definition) is 6. The third kappa shape index (κ3) is 5.13. The van der Waals surface area contributed by atoms with Gasteiger partial charge in [0.1, 0.15) is 17.7 Å². The van der Waals surface area contributed by atoms with Gasteiger partial charge in [0.05, 0.1) is 12.9 Å². The summed E-state index contributed by atoms with van der Waals surface area (Å²) in [5.74, 6) is 0.0881. The van der Waals surface area contributed by atoms with Gasteiger partial charge in [-0.3, -0.25) is 0 Å². The smallest absolute Gasteiger partial charge is 0.407 e. The van der Waals surface area contributed by atoms with Crippen molar-refractivity contribution in [2.24, 2.45) is 0 Å². The number of halogens is 1. The molecular weight excluding hydrogens is 351 g/mol. The highest BCUT2D eigenvalue weighted by atomic mass is 19.1. The van der Waals surface area contributed by atoms with Crippen LogP contribution in [0.2, 0.25) is 0 Å². The number of benzene rings is 1. The van der Waals surface area contributed by atoms with Crippen LogP contribution >= 0.6 is 0 Å². The quantitative estimate of drug-likeness (QED) is 0.588. The maximum Gasteiger partial charge on any atom is 0.407 e. The van der Waals surface area contributed by atoms with Gasteiger partial charge in [-0.2, -0.15) is 0 Å². The monoisotopic (exact) mass is 372 g/mol. The summed E-state index contributed by atoms with van der Waals surface area (Å²) >= 11 is 0. The lowest BCUT2D eigenvalue weighted by atomic mass is 10.1. The largest absolute Gasteiger partial charge is 0.450 e. The summed E-state index contributed by atoms with van der Waals surface area (Å²) in [7, 11) is 0. The van der Waals surface area contributed by atoms with E-state index in [2.05, 4.69) is 20.3 Å². The number of alkyl carbamates (subject to hydrolysis) is 1. The number of nitrogens with one attached hydrogen (secondary N) is 1. The first-order valence-corrected chi connectivity index (χ1v) is 8.70. The average molecular weight is 372 g/mol. The van der Waals surface area contributed by atoms with Crippen LogP contribution in [0, 0.1) is 5.82 Å². The third-order valence-electron chi connectivity index (χ3n) is 4.05. The van der Waals surface area contributed by atoms with Gasteiger partial charge in [-0.1, -0.05) is 12.1 Å². The Labute approximate surface area is 155 Å². The number of fused-ring (bicyclic) bond motifs is 1. The second kappa shape index (κ2) is 8.93. The number of aryl methyl sites for hydroxylation is 1. The molecule has 9 heteroatoms. The number of nitrogen functional groups attached to an aromatic ring is 1. The molecule has 1 aromatic carbocycles. The van der Waals surface area contributed by atoms with E-state index < -0.39 is 6.09 Å². The minimum Gasteiger partial charge on any atom is -0.450 e. The molecule has 0 saturated carbocycles. The molecule has 27 heavy (non-hydrogen) atoms. The van der Waals surface area contributed by atoms with Crippen molar-refractivity contribution in [3.8, 4) is 0 Å². The lowest BCUT2D eigenvalue weighted by Crippen LogP contribution is -2.26. The van der Waals surface area contributed by atoms with Crippen LogP contribution in [-0.4, -0.2) is 38.8 Å². The highest BCUT2D eigenvalue weighted by Crippen LogP contribution is 2.14. The van der Waals surface area contributed by atoms with E-state index in [1.807, 2.05) is 4.57 Å². The first-order chi connectivity index (χ1) is 13.1. The molecule has 0 aliphatic rings. The van der Waals surface area contributed by atoms with E-state index in [4.69, 9.17) is 10.5 Å². The average Bonchev–Trinajstić information content (AvgIpc) is 3.08. The van der Waals surface area contributed by atoms with Crippen molar-refractivity contribution in [2.75, 3.05) is 18.9 Å². The summed E-state index contributed by atoms with van der Waals surface area (Å²) in [6.07, 6.45) is 4.78. The molecule has 3 N–H and O–H groups in total. The fourth-order valence-electron chi connectivity index (χ4n) is 2.62. The van der Waals surface area contributed by atoms with Crippen molar-refractivity contribution >= 4 is 23.1 Å². The second-order valence-electron chi connectivity index (χ2n) is 6.02. The van der Waals surface area contributed by atoms with Crippen LogP contribution in [0.4, 0.5) is 15.0 Å². The Kier molecular flexibility index (Phi) is 6.14. The molecule has 0 unspecified atom stereocenters. The predicted octanol–water partition coefficient (Wildman–Crippen LogP) is 2.30. The number of ether oxygens (including phenoxy) is 1. The molecule has 2 aromatic heterocycles. The molecule has 2 heterocycles. The number of rotatable bonds is 8. The number of amides is 1. The minimum absolute atomic E-state index is 0.272. The Balaban J connectivity index is 1.31. The summed E-state index contributed by atoms with van der Waals surface area (Å²) < 4.78 is 19.9. The summed E-state index contributed by atoms with van der Waals surface area (Å²) in [6.45, 7) is 1.46. The number of imidazole rings is 1. The maximum atomic E-state index is 12.8. The van der Waals surface area contributed by atoms with E-state index in [0.717, 1.165) is 12.0 Å². The first-order valence-electron chi connectivity index (χ1n) is 8.70. The Morgan fingerprint density at radius 2 is 2.00 bits per heavy atom. The van der Waals surface area contributed by atoms with Gasteiger partial charge in [0.25, 0.3) is 0 Å². The van der Waals surface area contributed by atoms with Gasteiger partial charge < -0.3 is 20.4 Å². The van der Waals surface area contributed by atoms with Crippen molar-refractivity contribution in [1.82, 2.24) is 24.8 Å². The van der Waals surface area contributed by atoms with E-state index in [1.165, 1.54) is 18.5 Å². The molecule has 0 radical (unpaired) electrons. The lowest BCUT2D eigenvalue weighted by Gasteiger charge is -2.08. The van der Waals surface area contributed by atoms with Gasteiger partial charge in [-0.15, -0.1) is 0 Å². The topological polar surface area (TPSA) is 108 Å². The minimum atomic E-state index is -0.453. The van der Waals surface area contributed by atoms with Crippen LogP contribution in [-0.2, 0) is 17.7 Å². The fraction of sp³-hybridized carbons (Fsp3) is 0.333. The van der Waals surface area contributed by atoms with Gasteiger partial charge in [-0.25, -0.2) is 24.1 Å². The summed E-state index contributed by atoms with van der Waals surface area (Å²) in [6, 6.07) is 6.19. The van der Waals surface area contributed by atoms with Crippen LogP contribution < -0.4 is 11.1 Å². The van der Waals surface area contributed by atoms with E-state index in [-0.39, 0.29) is 5.82 Å². The molecular formula is C18H21FN6O2. The number of carbonyl (C=O) groups is 1. The van der Waals surface area contributed by atoms with Crippen molar-refractivity contribution in [3.05, 3.63) is 48.3 Å². The van der Waals surface area contributed by atoms with E-state index in [0.29, 0.717) is 49.5 Å². The van der Waals surface area contributed by atoms with Crippen LogP contribution in [0.25, 0.3) is 11.2 Å². The molecule has 1 amide bonds. The molecule has 142 valence electrons. The molecule has 0 aliphatic heterocycles. The van der Waals surface area contributed by atoms with Crippen molar-refractivity contribution in [3.63, 3.8) is 0 Å². The normalized spacial score (nSPS) is 10.9. The number of aromatic nitrogens is 4. The molecule has 0 bridgehead atoms. The number of hydrogen-bond donors (Lipinski definition) is 2. The zero-order valence-corrected chi connectivity index (χ0v) is 14.8. The molecule has 3 aromatic rings. The molecule has 8 nitrogen and oxygen atoms in total. The SMILES string of the molecule is Nc1ncnc2c1ncn2CCCCOC(=O)NCCc1ccc(F)cc1. The Morgan fingerprint density at radius 3 is 2.81 bits per heavy atom. The van der Waals surface area contributed by atoms with E-state index in [9.17, 15) is 9.18 Å². The molecule has 3 rings (SSSR count). The molecule has 0 aliphatic carbocycles. The Hall–Kier alpha value is -3.23. The van der Waals surface area contributed by atoms with Crippen LogP contribution in [0.15, 0.2) is 36.9 Å². The summed E-state index contributed by atoms with van der Waals surface area (Å²) in [5, 5.41) is 2.68. The molecule has 0 fully saturated rings. The summed E-state index contributed by atoms with van der Waals surface area (Å²) in [4.78, 5) is 24.0. The van der Waals surface area contributed by atoms with Crippen molar-refractivity contribution in [2.45, 2.75) is 25.8 Å². The highest BCUT2D eigenvalue weighted by Gasteiger charge is 2.07. The van der Waals surface area contributed by atoms with E-state index in [1.54, 1.807) is 18.5 Å².